The van der Waals surface area contributed by atoms with E-state index in [4.69, 9.17) is 10.1 Å². The third-order valence-electron chi connectivity index (χ3n) is 6.37. The first-order valence-corrected chi connectivity index (χ1v) is 11.0. The van der Waals surface area contributed by atoms with Crippen LogP contribution in [0.5, 0.6) is 5.75 Å². The number of rotatable bonds is 6. The normalized spacial score (nSPS) is 24.2. The standard InChI is InChI=1S/C26H26N5O2/c1-3-33-21-8-4-18(5-9-21)23-22(16-29)24(19(14-27)15-28)30-26(32,20-6-7-20)25(23)31-12-10-17(2)11-13-31/h4-5,8-13,20,23,25,27,30,32H,3,6-7H2,1-2H3/q+1/t23-,25+,26-/m1/s1. The lowest BCUT2D eigenvalue weighted by molar-refractivity contribution is -0.742. The zero-order chi connectivity index (χ0) is 23.6. The molecule has 3 N–H and O–H groups in total. The minimum absolute atomic E-state index is 0.0533. The van der Waals surface area contributed by atoms with E-state index in [0.29, 0.717) is 17.9 Å². The zero-order valence-corrected chi connectivity index (χ0v) is 18.7. The van der Waals surface area contributed by atoms with Crippen molar-refractivity contribution in [3.63, 3.8) is 0 Å². The van der Waals surface area contributed by atoms with Gasteiger partial charge in [0.15, 0.2) is 12.4 Å². The Labute approximate surface area is 193 Å². The van der Waals surface area contributed by atoms with Gasteiger partial charge in [-0.2, -0.15) is 15.1 Å². The quantitative estimate of drug-likeness (QED) is 0.362. The fourth-order valence-electron chi connectivity index (χ4n) is 4.63. The average molecular weight is 441 g/mol. The maximum absolute atomic E-state index is 12.1. The van der Waals surface area contributed by atoms with Crippen LogP contribution < -0.4 is 14.6 Å². The summed E-state index contributed by atoms with van der Waals surface area (Å²) in [6, 6.07) is 15.1. The van der Waals surface area contributed by atoms with Gasteiger partial charge in [0.2, 0.25) is 11.8 Å². The van der Waals surface area contributed by atoms with E-state index in [1.807, 2.05) is 73.3 Å². The fourth-order valence-corrected chi connectivity index (χ4v) is 4.63. The molecule has 1 saturated carbocycles. The molecule has 4 rings (SSSR count). The molecule has 166 valence electrons. The molecule has 1 fully saturated rings. The smallest absolute Gasteiger partial charge is 0.216 e. The van der Waals surface area contributed by atoms with Gasteiger partial charge in [-0.1, -0.05) is 12.1 Å². The number of pyridine rings is 1. The number of aryl methyl sites for hydroxylation is 1. The second-order valence-electron chi connectivity index (χ2n) is 8.48. The predicted molar refractivity (Wildman–Crippen MR) is 121 cm³/mol. The largest absolute Gasteiger partial charge is 0.494 e. The van der Waals surface area contributed by atoms with Crippen molar-refractivity contribution >= 4 is 5.87 Å². The van der Waals surface area contributed by atoms with Crippen molar-refractivity contribution < 1.29 is 14.4 Å². The first-order valence-electron chi connectivity index (χ1n) is 11.0. The summed E-state index contributed by atoms with van der Waals surface area (Å²) in [4.78, 5) is 0. The minimum atomic E-state index is -1.42. The van der Waals surface area contributed by atoms with Crippen molar-refractivity contribution in [2.75, 3.05) is 6.61 Å². The van der Waals surface area contributed by atoms with E-state index in [-0.39, 0.29) is 17.2 Å². The molecule has 0 amide bonds. The van der Waals surface area contributed by atoms with Crippen LogP contribution in [0.1, 0.15) is 42.9 Å². The Morgan fingerprint density at radius 3 is 2.39 bits per heavy atom. The van der Waals surface area contributed by atoms with E-state index in [2.05, 4.69) is 17.3 Å². The van der Waals surface area contributed by atoms with Crippen molar-refractivity contribution in [1.29, 1.82) is 15.9 Å². The minimum Gasteiger partial charge on any atom is -0.494 e. The Bertz CT molecular complexity index is 1210. The summed E-state index contributed by atoms with van der Waals surface area (Å²) in [5.41, 5.74) is 0.837. The second kappa shape index (κ2) is 8.92. The molecule has 2 aliphatic rings. The maximum Gasteiger partial charge on any atom is 0.216 e. The van der Waals surface area contributed by atoms with Gasteiger partial charge >= 0.3 is 0 Å². The Morgan fingerprint density at radius 1 is 1.21 bits per heavy atom. The highest BCUT2D eigenvalue weighted by Gasteiger charge is 2.61. The zero-order valence-electron chi connectivity index (χ0n) is 18.7. The number of hydrogen-bond donors (Lipinski definition) is 3. The van der Waals surface area contributed by atoms with Gasteiger partial charge in [0, 0.05) is 18.1 Å². The van der Waals surface area contributed by atoms with Gasteiger partial charge in [0.05, 0.1) is 29.9 Å². The number of nitriles is 2. The highest BCUT2D eigenvalue weighted by molar-refractivity contribution is 5.71. The molecule has 3 atom stereocenters. The van der Waals surface area contributed by atoms with E-state index < -0.39 is 17.7 Å². The molecule has 7 heteroatoms. The van der Waals surface area contributed by atoms with Crippen molar-refractivity contribution in [2.45, 2.75) is 44.4 Å². The molecule has 1 aromatic carbocycles. The molecule has 0 saturated heterocycles. The van der Waals surface area contributed by atoms with Crippen LogP contribution in [-0.2, 0) is 0 Å². The molecule has 1 aromatic heterocycles. The average Bonchev–Trinajstić information content (AvgIpc) is 3.67. The lowest BCUT2D eigenvalue weighted by atomic mass is 9.73. The van der Waals surface area contributed by atoms with Crippen molar-refractivity contribution in [1.82, 2.24) is 5.32 Å². The van der Waals surface area contributed by atoms with Crippen molar-refractivity contribution in [2.24, 2.45) is 5.92 Å². The lowest BCUT2D eigenvalue weighted by Gasteiger charge is -2.43. The van der Waals surface area contributed by atoms with Crippen LogP contribution in [0.4, 0.5) is 0 Å². The van der Waals surface area contributed by atoms with Gasteiger partial charge in [-0.3, -0.25) is 5.41 Å². The lowest BCUT2D eigenvalue weighted by Crippen LogP contribution is -2.66. The van der Waals surface area contributed by atoms with Gasteiger partial charge in [-0.25, -0.2) is 0 Å². The van der Waals surface area contributed by atoms with Crippen molar-refractivity contribution in [3.05, 3.63) is 76.8 Å². The number of nitrogens with zero attached hydrogens (tertiary/aromatic N) is 3. The van der Waals surface area contributed by atoms with E-state index in [9.17, 15) is 15.6 Å². The monoisotopic (exact) mass is 440 g/mol. The summed E-state index contributed by atoms with van der Waals surface area (Å²) in [5.74, 6) is 2.24. The first-order chi connectivity index (χ1) is 16.0. The third kappa shape index (κ3) is 4.01. The summed E-state index contributed by atoms with van der Waals surface area (Å²) in [6.07, 6.45) is 5.48. The Kier molecular flexibility index (Phi) is 6.03. The Hall–Kier alpha value is -3.90. The first kappa shape index (κ1) is 22.3. The number of nitrogens with one attached hydrogen (secondary N) is 2. The van der Waals surface area contributed by atoms with E-state index in [0.717, 1.165) is 24.0 Å². The highest BCUT2D eigenvalue weighted by Crippen LogP contribution is 2.52. The molecule has 33 heavy (non-hydrogen) atoms. The van der Waals surface area contributed by atoms with E-state index in [1.165, 1.54) is 0 Å². The molecule has 2 aromatic rings. The Morgan fingerprint density at radius 2 is 1.88 bits per heavy atom. The van der Waals surface area contributed by atoms with Gasteiger partial charge < -0.3 is 15.2 Å². The summed E-state index contributed by atoms with van der Waals surface area (Å²) in [7, 11) is 0. The van der Waals surface area contributed by atoms with Crippen molar-refractivity contribution in [3.8, 4) is 17.9 Å². The van der Waals surface area contributed by atoms with Gasteiger partial charge in [0.1, 0.15) is 17.4 Å². The SMILES string of the molecule is CCOc1ccc([C@@H]2C(C#N)=C(C(=C=N)C#N)N[C@@](O)(C3CC3)[C@H]2[n+]2ccc(C)cc2)cc1. The van der Waals surface area contributed by atoms with Crippen LogP contribution in [0.15, 0.2) is 65.6 Å². The van der Waals surface area contributed by atoms with Crippen LogP contribution in [-0.4, -0.2) is 23.3 Å². The summed E-state index contributed by atoms with van der Waals surface area (Å²) < 4.78 is 7.52. The molecular formula is C26H26N5O2+. The number of allylic oxidation sites excluding steroid dienone is 2. The number of aliphatic hydroxyl groups is 1. The molecular weight excluding hydrogens is 414 g/mol. The second-order valence-corrected chi connectivity index (χ2v) is 8.48. The van der Waals surface area contributed by atoms with E-state index >= 15 is 0 Å². The highest BCUT2D eigenvalue weighted by atomic mass is 16.5. The molecule has 0 spiro atoms. The fraction of sp³-hybridized carbons (Fsp3) is 0.346. The molecule has 0 bridgehead atoms. The molecule has 0 radical (unpaired) electrons. The third-order valence-corrected chi connectivity index (χ3v) is 6.37. The van der Waals surface area contributed by atoms with Crippen LogP contribution in [0.25, 0.3) is 0 Å². The predicted octanol–water partition coefficient (Wildman–Crippen LogP) is 3.18. The number of ether oxygens (including phenoxy) is 1. The summed E-state index contributed by atoms with van der Waals surface area (Å²) in [6.45, 7) is 4.45. The summed E-state index contributed by atoms with van der Waals surface area (Å²) >= 11 is 0. The van der Waals surface area contributed by atoms with Crippen LogP contribution >= 0.6 is 0 Å². The van der Waals surface area contributed by atoms with Gasteiger partial charge in [-0.05, 0) is 55.8 Å². The number of benzene rings is 1. The molecule has 2 heterocycles. The molecule has 1 aliphatic heterocycles. The topological polar surface area (TPSA) is 117 Å². The van der Waals surface area contributed by atoms with Crippen LogP contribution in [0.3, 0.4) is 0 Å². The molecule has 1 aliphatic carbocycles. The molecule has 7 nitrogen and oxygen atoms in total. The number of hydrogen-bond acceptors (Lipinski definition) is 6. The number of aromatic nitrogens is 1. The van der Waals surface area contributed by atoms with Crippen LogP contribution in [0, 0.1) is 40.9 Å². The van der Waals surface area contributed by atoms with Crippen LogP contribution in [0.2, 0.25) is 0 Å². The van der Waals surface area contributed by atoms with E-state index in [1.54, 1.807) is 0 Å². The molecule has 0 unspecified atom stereocenters. The maximum atomic E-state index is 12.1. The summed E-state index contributed by atoms with van der Waals surface area (Å²) in [5, 5.41) is 42.6. The van der Waals surface area contributed by atoms with Gasteiger partial charge in [0.25, 0.3) is 0 Å². The Balaban J connectivity index is 1.98. The van der Waals surface area contributed by atoms with Gasteiger partial charge in [-0.15, -0.1) is 0 Å².